The molecule has 0 saturated heterocycles. The van der Waals surface area contributed by atoms with Crippen LogP contribution < -0.4 is 10.9 Å². The van der Waals surface area contributed by atoms with Crippen molar-refractivity contribution in [3.8, 4) is 0 Å². The largest absolute Gasteiger partial charge is 0.506 e. The molecule has 0 aliphatic heterocycles. The summed E-state index contributed by atoms with van der Waals surface area (Å²) < 4.78 is 56.7. The lowest BCUT2D eigenvalue weighted by molar-refractivity contribution is -0.136. The molecule has 0 atom stereocenters. The lowest BCUT2D eigenvalue weighted by Gasteiger charge is -2.14. The second kappa shape index (κ2) is 31.9. The summed E-state index contributed by atoms with van der Waals surface area (Å²) in [5.41, 5.74) is 11.0. The van der Waals surface area contributed by atoms with Gasteiger partial charge in [0.1, 0.15) is 45.2 Å². The second-order valence-corrected chi connectivity index (χ2v) is 22.6. The zero-order chi connectivity index (χ0) is 68.7. The lowest BCUT2D eigenvalue weighted by atomic mass is 9.99. The van der Waals surface area contributed by atoms with Gasteiger partial charge >= 0.3 is 11.9 Å². The first-order valence-corrected chi connectivity index (χ1v) is 29.8. The number of aliphatic hydroxyl groups excluding tert-OH is 1. The Morgan fingerprint density at radius 1 is 0.564 bits per heavy atom. The summed E-state index contributed by atoms with van der Waals surface area (Å²) in [7, 11) is 3.81. The molecular formula is C75H66BrF3N4O11. The number of Topliss-reactive ketones (excluding diaryl/α,β-unsaturated/α-hetero) is 1. The number of fused-ring (bicyclic) bond motifs is 2. The number of aliphatic hydroxyl groups is 1. The number of aryl methyl sites for hydroxylation is 8. The minimum Gasteiger partial charge on any atom is -0.506 e. The maximum absolute atomic E-state index is 14.0. The molecule has 0 bridgehead atoms. The van der Waals surface area contributed by atoms with Crippen LogP contribution in [0.1, 0.15) is 98.0 Å². The van der Waals surface area contributed by atoms with E-state index in [4.69, 9.17) is 9.47 Å². The molecule has 0 aliphatic carbocycles. The number of nitrogens with one attached hydrogen (secondary N) is 1. The number of carbonyl (C=O) groups is 5. The summed E-state index contributed by atoms with van der Waals surface area (Å²) in [6, 6.07) is 40.2. The summed E-state index contributed by atoms with van der Waals surface area (Å²) in [5, 5.41) is 11.0. The summed E-state index contributed by atoms with van der Waals surface area (Å²) >= 11 is 3.34. The lowest BCUT2D eigenvalue weighted by Crippen LogP contribution is -2.20. The topological polar surface area (TPSA) is 213 Å². The molecule has 0 amide bonds. The summed E-state index contributed by atoms with van der Waals surface area (Å²) in [5.74, 6) is -4.11. The Kier molecular flexibility index (Phi) is 23.9. The normalized spacial score (nSPS) is 11.3. The van der Waals surface area contributed by atoms with Crippen LogP contribution in [0, 0.1) is 72.8 Å². The molecule has 7 aromatic carbocycles. The fraction of sp³-hybridized carbons (Fsp3) is 0.160. The van der Waals surface area contributed by atoms with Crippen molar-refractivity contribution in [3.05, 3.63) is 308 Å². The van der Waals surface area contributed by atoms with Crippen molar-refractivity contribution in [1.29, 1.82) is 0 Å². The molecule has 0 unspecified atom stereocenters. The Morgan fingerprint density at radius 3 is 1.62 bits per heavy atom. The molecule has 0 spiro atoms. The predicted molar refractivity (Wildman–Crippen MR) is 362 cm³/mol. The second-order valence-electron chi connectivity index (χ2n) is 21.8. The number of aromatic nitrogens is 3. The zero-order valence-corrected chi connectivity index (χ0v) is 54.9. The van der Waals surface area contributed by atoms with Crippen LogP contribution in [0.25, 0.3) is 27.6 Å². The number of halogens is 4. The number of rotatable bonds is 14. The number of methoxy groups -OCH3 is 3. The van der Waals surface area contributed by atoms with Gasteiger partial charge < -0.3 is 28.9 Å². The standard InChI is InChI=1S/C24H18BrFN2O2.C19H18FNO3.C18H14FNO2.C14H16O4/c1-14-6-7-16(10-15(14)2)23(29)20-13-28(12-18-4-3-5-22(25)27-18)21-11-17(26)8-9-19(21)24(20)30;1-12-7-8-14(9-13(12)2)18(22)17(19(23)24-3)11-21-16-6-4-5-15(20)10-16;1-10-3-4-12(7-11(10)2)17(21)15-9-20-16-8-13(19)5-6-14(16)18(15)22;1-9-5-6-11(7-10(9)2)13(15)12(8-17-3)14(16)18-4/h3-11,13H,12H2,1-2H3;4-11,22H,1-3H3;3-9H,1-2H3,(H,20,22);5-8H,1-4H3. The van der Waals surface area contributed by atoms with E-state index in [1.807, 2.05) is 91.8 Å². The first-order valence-electron chi connectivity index (χ1n) is 29.0. The minimum atomic E-state index is -0.731. The third-order valence-corrected chi connectivity index (χ3v) is 15.7. The molecule has 15 nitrogen and oxygen atoms in total. The van der Waals surface area contributed by atoms with Gasteiger partial charge in [0.15, 0.2) is 11.6 Å². The Hall–Kier alpha value is -10.9. The number of pyridine rings is 3. The highest BCUT2D eigenvalue weighted by molar-refractivity contribution is 9.10. The molecule has 0 saturated carbocycles. The summed E-state index contributed by atoms with van der Waals surface area (Å²) in [6.45, 7) is 15.8. The van der Waals surface area contributed by atoms with E-state index in [0.717, 1.165) is 50.8 Å². The van der Waals surface area contributed by atoms with Crippen LogP contribution in [0.3, 0.4) is 0 Å². The molecule has 10 aromatic rings. The number of carbonyl (C=O) groups excluding carboxylic acids is 5. The molecule has 2 N–H and O–H groups in total. The van der Waals surface area contributed by atoms with Gasteiger partial charge in [0.05, 0.1) is 61.4 Å². The maximum Gasteiger partial charge on any atom is 0.345 e. The van der Waals surface area contributed by atoms with Crippen LogP contribution >= 0.6 is 15.9 Å². The van der Waals surface area contributed by atoms with Crippen molar-refractivity contribution in [2.75, 3.05) is 21.3 Å². The van der Waals surface area contributed by atoms with Gasteiger partial charge in [-0.15, -0.1) is 0 Å². The number of benzene rings is 7. The number of ether oxygens (including phenoxy) is 3. The van der Waals surface area contributed by atoms with Crippen molar-refractivity contribution >= 4 is 84.7 Å². The molecular weight excluding hydrogens is 1270 g/mol. The highest BCUT2D eigenvalue weighted by Crippen LogP contribution is 2.24. The van der Waals surface area contributed by atoms with Crippen molar-refractivity contribution < 1.29 is 56.5 Å². The van der Waals surface area contributed by atoms with E-state index >= 15 is 0 Å². The molecule has 0 radical (unpaired) electrons. The van der Waals surface area contributed by atoms with Gasteiger partial charge in [0.2, 0.25) is 16.6 Å². The third-order valence-electron chi connectivity index (χ3n) is 15.3. The Morgan fingerprint density at radius 2 is 1.06 bits per heavy atom. The Labute approximate surface area is 548 Å². The number of hydrogen-bond acceptors (Lipinski definition) is 13. The fourth-order valence-corrected chi connectivity index (χ4v) is 9.71. The molecule has 19 heteroatoms. The van der Waals surface area contributed by atoms with Crippen molar-refractivity contribution in [3.63, 3.8) is 0 Å². The third kappa shape index (κ3) is 17.6. The van der Waals surface area contributed by atoms with Gasteiger partial charge in [-0.3, -0.25) is 29.0 Å². The SMILES string of the molecule is COC(=O)C(C=Nc1cccc(F)c1)=C(O)c1ccc(C)c(C)c1.COC=C(C(=O)OC)C(=O)c1ccc(C)c(C)c1.Cc1ccc(C(=O)c2c[nH]c3cc(F)ccc3c2=O)cc1C.Cc1ccc(C(=O)c2cn(Cc3cccc(Br)n3)c3cc(F)ccc3c2=O)cc1C. The number of H-pyrrole nitrogens is 1. The van der Waals surface area contributed by atoms with Gasteiger partial charge in [0.25, 0.3) is 0 Å². The molecule has 94 heavy (non-hydrogen) atoms. The van der Waals surface area contributed by atoms with Gasteiger partial charge in [-0.1, -0.05) is 60.7 Å². The number of ketones is 3. The van der Waals surface area contributed by atoms with Crippen LogP contribution in [0.2, 0.25) is 0 Å². The number of nitrogens with zero attached hydrogens (tertiary/aromatic N) is 3. The summed E-state index contributed by atoms with van der Waals surface area (Å²) in [4.78, 5) is 98.1. The quantitative estimate of drug-likeness (QED) is 0.0152. The molecule has 480 valence electrons. The molecule has 3 heterocycles. The predicted octanol–water partition coefficient (Wildman–Crippen LogP) is 15.2. The monoisotopic (exact) mass is 1330 g/mol. The molecule has 0 aliphatic rings. The van der Waals surface area contributed by atoms with Gasteiger partial charge in [0, 0.05) is 51.6 Å². The Balaban J connectivity index is 0.000000180. The molecule has 0 fully saturated rings. The van der Waals surface area contributed by atoms with Crippen LogP contribution in [0.4, 0.5) is 18.9 Å². The maximum atomic E-state index is 14.0. The zero-order valence-electron chi connectivity index (χ0n) is 53.3. The van der Waals surface area contributed by atoms with Crippen molar-refractivity contribution in [1.82, 2.24) is 14.5 Å². The van der Waals surface area contributed by atoms with Gasteiger partial charge in [-0.2, -0.15) is 0 Å². The van der Waals surface area contributed by atoms with E-state index < -0.39 is 46.0 Å². The average molecular weight is 1340 g/mol. The highest BCUT2D eigenvalue weighted by Gasteiger charge is 2.23. The van der Waals surface area contributed by atoms with Crippen LogP contribution in [-0.2, 0) is 30.3 Å². The first kappa shape index (κ1) is 70.5. The van der Waals surface area contributed by atoms with Crippen LogP contribution in [0.5, 0.6) is 0 Å². The van der Waals surface area contributed by atoms with E-state index in [1.165, 1.54) is 94.5 Å². The summed E-state index contributed by atoms with van der Waals surface area (Å²) in [6.07, 6.45) is 5.13. The number of hydrogen-bond donors (Lipinski definition) is 2. The molecule has 10 rings (SSSR count). The molecule has 3 aromatic heterocycles. The smallest absolute Gasteiger partial charge is 0.345 e. The van der Waals surface area contributed by atoms with Crippen LogP contribution in [-0.4, -0.2) is 76.5 Å². The highest BCUT2D eigenvalue weighted by atomic mass is 79.9. The van der Waals surface area contributed by atoms with Crippen molar-refractivity contribution in [2.24, 2.45) is 4.99 Å². The van der Waals surface area contributed by atoms with E-state index in [-0.39, 0.29) is 46.1 Å². The number of aromatic amines is 1. The van der Waals surface area contributed by atoms with Crippen LogP contribution in [0.15, 0.2) is 201 Å². The van der Waals surface area contributed by atoms with Crippen molar-refractivity contribution in [2.45, 2.75) is 61.9 Å². The minimum absolute atomic E-state index is 0.0485. The average Bonchev–Trinajstić information content (AvgIpc) is 0.797. The van der Waals surface area contributed by atoms with E-state index in [9.17, 15) is 51.8 Å². The van der Waals surface area contributed by atoms with E-state index in [2.05, 4.69) is 35.6 Å². The van der Waals surface area contributed by atoms with E-state index in [1.54, 1.807) is 65.2 Å². The first-order chi connectivity index (χ1) is 44.7. The van der Waals surface area contributed by atoms with Gasteiger partial charge in [-0.05, 0) is 207 Å². The fourth-order valence-electron chi connectivity index (χ4n) is 9.33. The van der Waals surface area contributed by atoms with E-state index in [0.29, 0.717) is 60.0 Å². The number of aliphatic imine (C=N–C) groups is 1. The number of esters is 2. The Bertz CT molecular complexity index is 4820. The van der Waals surface area contributed by atoms with Gasteiger partial charge in [-0.25, -0.2) is 27.7 Å².